The molecule has 7 heteroatoms. The van der Waals surface area contributed by atoms with Gasteiger partial charge in [0.25, 0.3) is 0 Å². The minimum absolute atomic E-state index is 0.143. The highest BCUT2D eigenvalue weighted by Crippen LogP contribution is 2.44. The molecular weight excluding hydrogens is 402 g/mol. The molecule has 174 valence electrons. The van der Waals surface area contributed by atoms with Crippen molar-refractivity contribution in [3.05, 3.63) is 23.9 Å². The first-order valence-corrected chi connectivity index (χ1v) is 12.5. The minimum atomic E-state index is -0.143. The van der Waals surface area contributed by atoms with Crippen LogP contribution in [0.2, 0.25) is 0 Å². The maximum absolute atomic E-state index is 11.9. The second-order valence-electron chi connectivity index (χ2n) is 10.3. The predicted octanol–water partition coefficient (Wildman–Crippen LogP) is 2.81. The number of pyridine rings is 1. The maximum atomic E-state index is 11.9. The number of piperazine rings is 1. The van der Waals surface area contributed by atoms with Gasteiger partial charge >= 0.3 is 6.09 Å². The van der Waals surface area contributed by atoms with Crippen LogP contribution in [0.4, 0.5) is 10.6 Å². The van der Waals surface area contributed by atoms with Gasteiger partial charge in [-0.3, -0.25) is 0 Å². The minimum Gasteiger partial charge on any atom is -0.450 e. The molecule has 1 spiro atoms. The van der Waals surface area contributed by atoms with Gasteiger partial charge in [-0.05, 0) is 63.9 Å². The number of aromatic nitrogens is 1. The van der Waals surface area contributed by atoms with Crippen LogP contribution in [0.3, 0.4) is 0 Å². The van der Waals surface area contributed by atoms with Crippen LogP contribution in [0.25, 0.3) is 0 Å². The lowest BCUT2D eigenvalue weighted by Gasteiger charge is -2.46. The molecule has 0 radical (unpaired) electrons. The summed E-state index contributed by atoms with van der Waals surface area (Å²) < 4.78 is 7.78. The number of carbonyl (C=O) groups is 1. The third-order valence-corrected chi connectivity index (χ3v) is 8.10. The van der Waals surface area contributed by atoms with Crippen LogP contribution < -0.4 is 4.90 Å². The molecule has 0 unspecified atom stereocenters. The average Bonchev–Trinajstić information content (AvgIpc) is 3.25. The van der Waals surface area contributed by atoms with Crippen molar-refractivity contribution in [3.63, 3.8) is 0 Å². The first kappa shape index (κ1) is 21.7. The van der Waals surface area contributed by atoms with Crippen molar-refractivity contribution in [2.45, 2.75) is 44.9 Å². The van der Waals surface area contributed by atoms with E-state index in [0.717, 1.165) is 45.7 Å². The first-order valence-electron chi connectivity index (χ1n) is 12.5. The Kier molecular flexibility index (Phi) is 6.10. The van der Waals surface area contributed by atoms with Crippen molar-refractivity contribution in [2.24, 2.45) is 5.41 Å². The Bertz CT molecular complexity index is 861. The summed E-state index contributed by atoms with van der Waals surface area (Å²) in [6.45, 7) is 10.7. The molecule has 1 aliphatic carbocycles. The van der Waals surface area contributed by atoms with Gasteiger partial charge in [0.15, 0.2) is 18.8 Å². The molecule has 3 saturated heterocycles. The fraction of sp³-hybridized carbons (Fsp3) is 0.720. The van der Waals surface area contributed by atoms with Crippen LogP contribution in [0.15, 0.2) is 18.3 Å². The van der Waals surface area contributed by atoms with Gasteiger partial charge in [0, 0.05) is 37.5 Å². The first-order chi connectivity index (χ1) is 15.6. The van der Waals surface area contributed by atoms with E-state index in [1.807, 2.05) is 18.0 Å². The Morgan fingerprint density at radius 2 is 1.97 bits per heavy atom. The van der Waals surface area contributed by atoms with E-state index in [1.165, 1.54) is 50.2 Å². The van der Waals surface area contributed by atoms with Gasteiger partial charge in [0.05, 0.1) is 19.7 Å². The molecule has 3 aliphatic heterocycles. The van der Waals surface area contributed by atoms with E-state index in [2.05, 4.69) is 33.6 Å². The van der Waals surface area contributed by atoms with Gasteiger partial charge in [-0.2, -0.15) is 0 Å². The Labute approximate surface area is 192 Å². The molecule has 0 N–H and O–H groups in total. The molecule has 1 aromatic heterocycles. The molecule has 7 nitrogen and oxygen atoms in total. The summed E-state index contributed by atoms with van der Waals surface area (Å²) in [6, 6.07) is 4.42. The molecule has 4 aliphatic rings. The van der Waals surface area contributed by atoms with Crippen LogP contribution in [-0.2, 0) is 4.74 Å². The molecule has 4 fully saturated rings. The third kappa shape index (κ3) is 4.24. The molecule has 5 rings (SSSR count). The lowest BCUT2D eigenvalue weighted by atomic mass is 9.78. The fourth-order valence-electron chi connectivity index (χ4n) is 6.21. The summed E-state index contributed by atoms with van der Waals surface area (Å²) in [7, 11) is 2.22. The SMILES string of the molecule is CCOC(=O)N1CC2(CCC(=[N+]3CCN(c4ncccc4C4CCN(C)CC4)CC3)C2)C1. The van der Waals surface area contributed by atoms with E-state index >= 15 is 0 Å². The summed E-state index contributed by atoms with van der Waals surface area (Å²) in [4.78, 5) is 23.6. The van der Waals surface area contributed by atoms with Gasteiger partial charge in [-0.25, -0.2) is 14.4 Å². The Balaban J connectivity index is 1.20. The second-order valence-corrected chi connectivity index (χ2v) is 10.3. The van der Waals surface area contributed by atoms with Crippen LogP contribution in [0, 0.1) is 5.41 Å². The van der Waals surface area contributed by atoms with Crippen molar-refractivity contribution in [1.29, 1.82) is 0 Å². The number of likely N-dealkylation sites (tertiary alicyclic amines) is 2. The number of rotatable bonds is 3. The van der Waals surface area contributed by atoms with Gasteiger partial charge in [0.2, 0.25) is 0 Å². The normalized spacial score (nSPS) is 24.2. The highest BCUT2D eigenvalue weighted by atomic mass is 16.6. The van der Waals surface area contributed by atoms with Crippen molar-refractivity contribution in [2.75, 3.05) is 70.9 Å². The number of amides is 1. The Morgan fingerprint density at radius 1 is 1.22 bits per heavy atom. The number of anilines is 1. The van der Waals surface area contributed by atoms with Crippen LogP contribution in [0.5, 0.6) is 0 Å². The standard InChI is InChI=1S/C25H38N5O2/c1-3-32-24(31)30-18-25(19-30)9-6-21(17-25)28-13-15-29(16-14-28)23-22(5-4-10-26-23)20-7-11-27(2)12-8-20/h4-5,10,20H,3,6-9,11-19H2,1-2H3/q+1. The molecule has 32 heavy (non-hydrogen) atoms. The van der Waals surface area contributed by atoms with E-state index in [-0.39, 0.29) is 6.09 Å². The van der Waals surface area contributed by atoms with E-state index in [1.54, 1.807) is 5.71 Å². The van der Waals surface area contributed by atoms with Crippen LogP contribution >= 0.6 is 0 Å². The van der Waals surface area contributed by atoms with Crippen molar-refractivity contribution in [1.82, 2.24) is 14.8 Å². The molecule has 4 heterocycles. The second kappa shape index (κ2) is 9.00. The summed E-state index contributed by atoms with van der Waals surface area (Å²) in [5, 5.41) is 0. The van der Waals surface area contributed by atoms with Gasteiger partial charge < -0.3 is 19.4 Å². The molecule has 1 saturated carbocycles. The lowest BCUT2D eigenvalue weighted by Crippen LogP contribution is -2.57. The van der Waals surface area contributed by atoms with E-state index < -0.39 is 0 Å². The summed E-state index contributed by atoms with van der Waals surface area (Å²) in [5.41, 5.74) is 3.36. The highest BCUT2D eigenvalue weighted by molar-refractivity contribution is 5.83. The number of carbonyl (C=O) groups excluding carboxylic acids is 1. The quantitative estimate of drug-likeness (QED) is 0.677. The van der Waals surface area contributed by atoms with Crippen LogP contribution in [-0.4, -0.2) is 97.2 Å². The number of nitrogens with zero attached hydrogens (tertiary/aromatic N) is 5. The summed E-state index contributed by atoms with van der Waals surface area (Å²) >= 11 is 0. The predicted molar refractivity (Wildman–Crippen MR) is 126 cm³/mol. The zero-order chi connectivity index (χ0) is 22.1. The van der Waals surface area contributed by atoms with E-state index in [0.29, 0.717) is 17.9 Å². The zero-order valence-corrected chi connectivity index (χ0v) is 19.8. The maximum Gasteiger partial charge on any atom is 0.409 e. The molecule has 0 bridgehead atoms. The van der Waals surface area contributed by atoms with Crippen molar-refractivity contribution < 1.29 is 14.1 Å². The smallest absolute Gasteiger partial charge is 0.409 e. The monoisotopic (exact) mass is 440 g/mol. The Morgan fingerprint density at radius 3 is 2.69 bits per heavy atom. The van der Waals surface area contributed by atoms with Gasteiger partial charge in [0.1, 0.15) is 5.82 Å². The number of ether oxygens (including phenoxy) is 1. The van der Waals surface area contributed by atoms with Crippen molar-refractivity contribution in [3.8, 4) is 0 Å². The molecule has 1 aromatic rings. The zero-order valence-electron chi connectivity index (χ0n) is 19.8. The largest absolute Gasteiger partial charge is 0.450 e. The summed E-state index contributed by atoms with van der Waals surface area (Å²) in [6.07, 6.45) is 7.82. The van der Waals surface area contributed by atoms with E-state index in [4.69, 9.17) is 9.72 Å². The molecular formula is C25H38N5O2+. The third-order valence-electron chi connectivity index (χ3n) is 8.10. The molecule has 0 aromatic carbocycles. The molecule has 1 amide bonds. The fourth-order valence-corrected chi connectivity index (χ4v) is 6.21. The number of hydrogen-bond donors (Lipinski definition) is 0. The highest BCUT2D eigenvalue weighted by Gasteiger charge is 2.51. The van der Waals surface area contributed by atoms with Crippen molar-refractivity contribution >= 4 is 17.6 Å². The Hall–Kier alpha value is -2.15. The van der Waals surface area contributed by atoms with Crippen LogP contribution in [0.1, 0.15) is 50.5 Å². The topological polar surface area (TPSA) is 51.9 Å². The summed E-state index contributed by atoms with van der Waals surface area (Å²) in [5.74, 6) is 1.86. The molecule has 0 atom stereocenters. The average molecular weight is 441 g/mol. The van der Waals surface area contributed by atoms with E-state index in [9.17, 15) is 4.79 Å². The van der Waals surface area contributed by atoms with Gasteiger partial charge in [-0.1, -0.05) is 6.07 Å². The lowest BCUT2D eigenvalue weighted by molar-refractivity contribution is -0.531. The number of piperidine rings is 1. The van der Waals surface area contributed by atoms with Gasteiger partial charge in [-0.15, -0.1) is 0 Å². The number of hydrogen-bond acceptors (Lipinski definition) is 5.